The Balaban J connectivity index is 1.76. The van der Waals surface area contributed by atoms with Crippen molar-refractivity contribution in [2.45, 2.75) is 78.7 Å². The first-order chi connectivity index (χ1) is 13.9. The highest BCUT2D eigenvalue weighted by Crippen LogP contribution is 2.64. The van der Waals surface area contributed by atoms with Gasteiger partial charge < -0.3 is 0 Å². The molecule has 0 N–H and O–H groups in total. The summed E-state index contributed by atoms with van der Waals surface area (Å²) in [5.74, 6) is -0.332. The van der Waals surface area contributed by atoms with Gasteiger partial charge >= 0.3 is 0 Å². The van der Waals surface area contributed by atoms with Gasteiger partial charge in [0.05, 0.1) is 16.7 Å². The van der Waals surface area contributed by atoms with E-state index in [4.69, 9.17) is 0 Å². The van der Waals surface area contributed by atoms with Gasteiger partial charge in [-0.25, -0.2) is 0 Å². The Kier molecular flexibility index (Phi) is 3.76. The van der Waals surface area contributed by atoms with Crippen LogP contribution in [0.3, 0.4) is 0 Å². The van der Waals surface area contributed by atoms with Crippen molar-refractivity contribution >= 4 is 17.6 Å². The van der Waals surface area contributed by atoms with E-state index in [2.05, 4.69) is 34.6 Å². The quantitative estimate of drug-likeness (QED) is 0.594. The van der Waals surface area contributed by atoms with Crippen molar-refractivity contribution in [3.05, 3.63) is 46.5 Å². The molecule has 2 atom stereocenters. The average molecular weight is 406 g/mol. The third kappa shape index (κ3) is 2.61. The molecule has 4 nitrogen and oxygen atoms in total. The van der Waals surface area contributed by atoms with Gasteiger partial charge in [0.15, 0.2) is 5.78 Å². The number of hydrogen-bond donors (Lipinski definition) is 0. The van der Waals surface area contributed by atoms with Crippen molar-refractivity contribution in [3.8, 4) is 0 Å². The maximum atomic E-state index is 13.6. The van der Waals surface area contributed by atoms with Crippen LogP contribution in [0.25, 0.3) is 0 Å². The van der Waals surface area contributed by atoms with Gasteiger partial charge in [0.2, 0.25) is 0 Å². The predicted octanol–water partition coefficient (Wildman–Crippen LogP) is 5.33. The van der Waals surface area contributed by atoms with Gasteiger partial charge in [-0.2, -0.15) is 0 Å². The maximum Gasteiger partial charge on any atom is 0.262 e. The number of Topliss-reactive ketones (excluding diaryl/α,β-unsaturated/α-hetero) is 1. The van der Waals surface area contributed by atoms with Gasteiger partial charge in [0, 0.05) is 12.0 Å². The minimum atomic E-state index is -0.829. The monoisotopic (exact) mass is 405 g/mol. The third-order valence-electron chi connectivity index (χ3n) is 7.69. The van der Waals surface area contributed by atoms with Crippen LogP contribution in [0.1, 0.15) is 93.9 Å². The van der Waals surface area contributed by atoms with Crippen LogP contribution >= 0.6 is 0 Å². The Morgan fingerprint density at radius 3 is 1.93 bits per heavy atom. The molecule has 0 spiro atoms. The maximum absolute atomic E-state index is 13.6. The first-order valence-corrected chi connectivity index (χ1v) is 11.1. The Morgan fingerprint density at radius 1 is 0.733 bits per heavy atom. The summed E-state index contributed by atoms with van der Waals surface area (Å²) in [6.07, 6.45) is 4.64. The number of imide groups is 1. The molecular weight excluding hydrogens is 374 g/mol. The molecule has 2 amide bonds. The van der Waals surface area contributed by atoms with Gasteiger partial charge in [-0.3, -0.25) is 19.3 Å². The van der Waals surface area contributed by atoms with Crippen molar-refractivity contribution in [1.29, 1.82) is 0 Å². The van der Waals surface area contributed by atoms with Gasteiger partial charge in [0.1, 0.15) is 0 Å². The first kappa shape index (κ1) is 19.7. The first-order valence-electron chi connectivity index (χ1n) is 11.1. The topological polar surface area (TPSA) is 54.5 Å². The lowest BCUT2D eigenvalue weighted by Gasteiger charge is -2.61. The minimum absolute atomic E-state index is 0.0242. The average Bonchev–Trinajstić information content (AvgIpc) is 2.82. The van der Waals surface area contributed by atoms with Crippen LogP contribution in [-0.2, 0) is 4.79 Å². The zero-order valence-corrected chi connectivity index (χ0v) is 18.7. The van der Waals surface area contributed by atoms with E-state index in [-0.39, 0.29) is 33.8 Å². The highest BCUT2D eigenvalue weighted by Gasteiger charge is 2.63. The third-order valence-corrected chi connectivity index (χ3v) is 7.69. The van der Waals surface area contributed by atoms with Crippen molar-refractivity contribution in [2.24, 2.45) is 16.2 Å². The molecule has 0 unspecified atom stereocenters. The van der Waals surface area contributed by atoms with E-state index in [1.807, 2.05) is 0 Å². The van der Waals surface area contributed by atoms with Gasteiger partial charge in [-0.05, 0) is 60.5 Å². The smallest absolute Gasteiger partial charge is 0.262 e. The summed E-state index contributed by atoms with van der Waals surface area (Å²) in [7, 11) is 0. The molecule has 30 heavy (non-hydrogen) atoms. The highest BCUT2D eigenvalue weighted by atomic mass is 16.2. The Bertz CT molecular complexity index is 1010. The summed E-state index contributed by atoms with van der Waals surface area (Å²) >= 11 is 0. The standard InChI is InChI=1S/C26H31NO3/c1-23(2)10-16-11-25(5)13-24(3,4)14-26(15-25,20(16)19(28)12-23)27-21(29)17-8-6-7-9-18(17)22(27)30/h6-9H,10-15H2,1-5H3/t25-,26+/m1/s1. The number of nitrogens with zero attached hydrogens (tertiary/aromatic N) is 1. The fourth-order valence-electron chi connectivity index (χ4n) is 7.69. The number of carbonyl (C=O) groups excluding carboxylic acids is 3. The molecule has 1 aromatic rings. The molecule has 5 rings (SSSR count). The minimum Gasteiger partial charge on any atom is -0.294 e. The molecule has 0 saturated heterocycles. The van der Waals surface area contributed by atoms with E-state index >= 15 is 0 Å². The molecule has 1 fully saturated rings. The fourth-order valence-corrected chi connectivity index (χ4v) is 7.69. The summed E-state index contributed by atoms with van der Waals surface area (Å²) in [6, 6.07) is 7.09. The van der Waals surface area contributed by atoms with E-state index in [9.17, 15) is 14.4 Å². The molecule has 1 heterocycles. The molecule has 4 heteroatoms. The predicted molar refractivity (Wildman–Crippen MR) is 115 cm³/mol. The number of allylic oxidation sites excluding steroid dienone is 1. The SMILES string of the molecule is CC1(C)CC(=O)C2=C(C1)C[C@]1(C)CC(C)(C)C[C@]2(N2C(=O)c3ccccc3C2=O)C1. The number of carbonyl (C=O) groups is 3. The van der Waals surface area contributed by atoms with Crippen LogP contribution in [0.4, 0.5) is 0 Å². The largest absolute Gasteiger partial charge is 0.294 e. The normalized spacial score (nSPS) is 34.2. The summed E-state index contributed by atoms with van der Waals surface area (Å²) in [6.45, 7) is 11.0. The molecule has 0 aromatic heterocycles. The van der Waals surface area contributed by atoms with Crippen molar-refractivity contribution in [3.63, 3.8) is 0 Å². The second-order valence-electron chi connectivity index (χ2n) is 12.1. The lowest BCUT2D eigenvalue weighted by molar-refractivity contribution is -0.121. The highest BCUT2D eigenvalue weighted by molar-refractivity contribution is 6.22. The summed E-state index contributed by atoms with van der Waals surface area (Å²) in [5.41, 5.74) is 1.94. The van der Waals surface area contributed by atoms with E-state index < -0.39 is 5.54 Å². The summed E-state index contributed by atoms with van der Waals surface area (Å²) < 4.78 is 0. The Labute approximate surface area is 178 Å². The molecule has 0 radical (unpaired) electrons. The number of rotatable bonds is 1. The summed E-state index contributed by atoms with van der Waals surface area (Å²) in [4.78, 5) is 42.3. The molecular formula is C26H31NO3. The Hall–Kier alpha value is -2.23. The molecule has 1 aromatic carbocycles. The number of ketones is 1. The number of benzene rings is 1. The van der Waals surface area contributed by atoms with E-state index in [1.165, 1.54) is 10.5 Å². The number of amides is 2. The van der Waals surface area contributed by atoms with Gasteiger partial charge in [0.25, 0.3) is 11.8 Å². The lowest BCUT2D eigenvalue weighted by Crippen LogP contribution is -2.64. The van der Waals surface area contributed by atoms with E-state index in [0.717, 1.165) is 24.8 Å². The number of fused-ring (bicyclic) bond motifs is 4. The van der Waals surface area contributed by atoms with Gasteiger partial charge in [-0.1, -0.05) is 52.3 Å². The zero-order valence-electron chi connectivity index (χ0n) is 18.7. The molecule has 2 bridgehead atoms. The lowest BCUT2D eigenvalue weighted by atomic mass is 9.48. The van der Waals surface area contributed by atoms with Crippen LogP contribution in [0.15, 0.2) is 35.4 Å². The second-order valence-corrected chi connectivity index (χ2v) is 12.1. The van der Waals surface area contributed by atoms with Crippen molar-refractivity contribution < 1.29 is 14.4 Å². The molecule has 4 aliphatic rings. The van der Waals surface area contributed by atoms with Gasteiger partial charge in [-0.15, -0.1) is 0 Å². The van der Waals surface area contributed by atoms with Crippen LogP contribution < -0.4 is 0 Å². The second kappa shape index (κ2) is 5.72. The zero-order chi connectivity index (χ0) is 21.7. The van der Waals surface area contributed by atoms with E-state index in [1.54, 1.807) is 24.3 Å². The van der Waals surface area contributed by atoms with E-state index in [0.29, 0.717) is 30.4 Å². The Morgan fingerprint density at radius 2 is 1.33 bits per heavy atom. The van der Waals surface area contributed by atoms with Crippen LogP contribution in [0, 0.1) is 16.2 Å². The fraction of sp³-hybridized carbons (Fsp3) is 0.577. The molecule has 158 valence electrons. The summed E-state index contributed by atoms with van der Waals surface area (Å²) in [5, 5.41) is 0. The molecule has 1 saturated carbocycles. The van der Waals surface area contributed by atoms with Crippen molar-refractivity contribution in [2.75, 3.05) is 0 Å². The van der Waals surface area contributed by atoms with Crippen LogP contribution in [-0.4, -0.2) is 28.0 Å². The number of hydrogen-bond acceptors (Lipinski definition) is 3. The van der Waals surface area contributed by atoms with Crippen LogP contribution in [0.2, 0.25) is 0 Å². The molecule has 3 aliphatic carbocycles. The van der Waals surface area contributed by atoms with Crippen LogP contribution in [0.5, 0.6) is 0 Å². The van der Waals surface area contributed by atoms with Crippen molar-refractivity contribution in [1.82, 2.24) is 4.90 Å². The molecule has 1 aliphatic heterocycles.